The quantitative estimate of drug-likeness (QED) is 0.433. The minimum absolute atomic E-state index is 0.0267. The van der Waals surface area contributed by atoms with Crippen LogP contribution in [-0.4, -0.2) is 73.1 Å². The summed E-state index contributed by atoms with van der Waals surface area (Å²) in [5.41, 5.74) is 0.291. The summed E-state index contributed by atoms with van der Waals surface area (Å²) in [7, 11) is -3.12. The first-order chi connectivity index (χ1) is 14.7. The number of nitrogens with one attached hydrogen (secondary N) is 1. The molecule has 10 heteroatoms. The third-order valence-electron chi connectivity index (χ3n) is 5.07. The second-order valence-electron chi connectivity index (χ2n) is 8.17. The molecule has 0 bridgehead atoms. The minimum Gasteiger partial charge on any atom is -0.452 e. The van der Waals surface area contributed by atoms with Gasteiger partial charge in [-0.25, -0.2) is 13.2 Å². The Morgan fingerprint density at radius 3 is 2.48 bits per heavy atom. The van der Waals surface area contributed by atoms with Crippen LogP contribution in [0.2, 0.25) is 0 Å². The molecular formula is C21H28N2O6S2. The largest absolute Gasteiger partial charge is 0.452 e. The van der Waals surface area contributed by atoms with Crippen LogP contribution in [0.4, 0.5) is 0 Å². The second kappa shape index (κ2) is 10.0. The van der Waals surface area contributed by atoms with Gasteiger partial charge in [0.2, 0.25) is 5.91 Å². The Morgan fingerprint density at radius 1 is 1.16 bits per heavy atom. The van der Waals surface area contributed by atoms with Crippen LogP contribution in [0.25, 0.3) is 0 Å². The van der Waals surface area contributed by atoms with Gasteiger partial charge in [-0.3, -0.25) is 9.59 Å². The van der Waals surface area contributed by atoms with Gasteiger partial charge in [-0.05, 0) is 45.2 Å². The van der Waals surface area contributed by atoms with Gasteiger partial charge in [0.1, 0.15) is 0 Å². The number of hydrogen-bond acceptors (Lipinski definition) is 7. The lowest BCUT2D eigenvalue weighted by Gasteiger charge is -2.28. The standard InChI is InChI=1S/C21H28N2O6S2/c1-14(2)22-19(24)12-30-18-6-4-3-5-17(18)21(26)29-11-20(25)23(15-7-8-15)16-9-10-31(27,28)13-16/h3-6,14-16H,7-13H2,1-2H3,(H,22,24). The Morgan fingerprint density at radius 2 is 1.87 bits per heavy atom. The van der Waals surface area contributed by atoms with E-state index in [2.05, 4.69) is 5.32 Å². The number of amides is 2. The number of ether oxygens (including phenoxy) is 1. The lowest BCUT2D eigenvalue weighted by atomic mass is 10.2. The molecule has 1 aliphatic carbocycles. The van der Waals surface area contributed by atoms with Crippen molar-refractivity contribution < 1.29 is 27.5 Å². The molecule has 170 valence electrons. The van der Waals surface area contributed by atoms with E-state index in [1.54, 1.807) is 29.2 Å². The molecule has 1 aromatic carbocycles. The minimum atomic E-state index is -3.12. The van der Waals surface area contributed by atoms with Crippen LogP contribution in [0.5, 0.6) is 0 Å². The van der Waals surface area contributed by atoms with Crippen LogP contribution in [0.1, 0.15) is 43.5 Å². The predicted octanol–water partition coefficient (Wildman–Crippen LogP) is 1.64. The summed E-state index contributed by atoms with van der Waals surface area (Å²) in [5.74, 6) is -0.920. The highest BCUT2D eigenvalue weighted by atomic mass is 32.2. The van der Waals surface area contributed by atoms with Gasteiger partial charge in [-0.1, -0.05) is 12.1 Å². The van der Waals surface area contributed by atoms with Crippen molar-refractivity contribution in [2.24, 2.45) is 0 Å². The predicted molar refractivity (Wildman–Crippen MR) is 118 cm³/mol. The van der Waals surface area contributed by atoms with E-state index in [0.29, 0.717) is 16.9 Å². The third kappa shape index (κ3) is 6.70. The zero-order valence-electron chi connectivity index (χ0n) is 17.7. The molecule has 1 heterocycles. The van der Waals surface area contributed by atoms with Gasteiger partial charge in [0, 0.05) is 23.0 Å². The van der Waals surface area contributed by atoms with Crippen LogP contribution in [0.15, 0.2) is 29.2 Å². The number of carbonyl (C=O) groups is 3. The summed E-state index contributed by atoms with van der Waals surface area (Å²) in [4.78, 5) is 39.5. The second-order valence-corrected chi connectivity index (χ2v) is 11.4. The summed E-state index contributed by atoms with van der Waals surface area (Å²) in [5, 5.41) is 2.79. The van der Waals surface area contributed by atoms with E-state index in [1.165, 1.54) is 11.8 Å². The van der Waals surface area contributed by atoms with Crippen LogP contribution < -0.4 is 5.32 Å². The lowest BCUT2D eigenvalue weighted by molar-refractivity contribution is -0.137. The van der Waals surface area contributed by atoms with Crippen molar-refractivity contribution in [3.8, 4) is 0 Å². The fourth-order valence-corrected chi connectivity index (χ4v) is 6.16. The molecule has 2 aliphatic rings. The normalized spacial score (nSPS) is 19.8. The Hall–Kier alpha value is -2.07. The highest BCUT2D eigenvalue weighted by molar-refractivity contribution is 8.00. The zero-order valence-corrected chi connectivity index (χ0v) is 19.3. The summed E-state index contributed by atoms with van der Waals surface area (Å²) in [6.07, 6.45) is 2.11. The summed E-state index contributed by atoms with van der Waals surface area (Å²) in [6.45, 7) is 3.31. The Labute approximate surface area is 187 Å². The van der Waals surface area contributed by atoms with Crippen molar-refractivity contribution in [3.63, 3.8) is 0 Å². The van der Waals surface area contributed by atoms with Gasteiger partial charge in [0.15, 0.2) is 16.4 Å². The molecule has 0 spiro atoms. The number of rotatable bonds is 9. The van der Waals surface area contributed by atoms with E-state index < -0.39 is 22.4 Å². The smallest absolute Gasteiger partial charge is 0.339 e. The van der Waals surface area contributed by atoms with E-state index in [-0.39, 0.29) is 47.2 Å². The van der Waals surface area contributed by atoms with Gasteiger partial charge >= 0.3 is 5.97 Å². The maximum atomic E-state index is 12.8. The molecular weight excluding hydrogens is 440 g/mol. The SMILES string of the molecule is CC(C)NC(=O)CSc1ccccc1C(=O)OCC(=O)N(C1CC1)C1CCS(=O)(=O)C1. The van der Waals surface area contributed by atoms with Crippen LogP contribution >= 0.6 is 11.8 Å². The number of nitrogens with zero attached hydrogens (tertiary/aromatic N) is 1. The van der Waals surface area contributed by atoms with Crippen molar-refractivity contribution in [3.05, 3.63) is 29.8 Å². The van der Waals surface area contributed by atoms with E-state index in [9.17, 15) is 22.8 Å². The molecule has 3 rings (SSSR count). The Kier molecular flexibility index (Phi) is 7.64. The summed E-state index contributed by atoms with van der Waals surface area (Å²) >= 11 is 1.23. The summed E-state index contributed by atoms with van der Waals surface area (Å²) in [6, 6.07) is 6.50. The van der Waals surface area contributed by atoms with E-state index in [4.69, 9.17) is 4.74 Å². The molecule has 0 radical (unpaired) electrons. The lowest BCUT2D eigenvalue weighted by Crippen LogP contribution is -2.44. The number of benzene rings is 1. The molecule has 1 saturated carbocycles. The molecule has 2 amide bonds. The van der Waals surface area contributed by atoms with Gasteiger partial charge in [0.25, 0.3) is 5.91 Å². The van der Waals surface area contributed by atoms with Gasteiger partial charge < -0.3 is 15.0 Å². The average Bonchev–Trinajstić information content (AvgIpc) is 3.47. The molecule has 2 fully saturated rings. The Balaban J connectivity index is 1.59. The number of hydrogen-bond donors (Lipinski definition) is 1. The van der Waals surface area contributed by atoms with Crippen molar-refractivity contribution >= 4 is 39.4 Å². The van der Waals surface area contributed by atoms with Gasteiger partial charge in [-0.15, -0.1) is 11.8 Å². The number of thioether (sulfide) groups is 1. The van der Waals surface area contributed by atoms with Crippen molar-refractivity contribution in [1.82, 2.24) is 10.2 Å². The van der Waals surface area contributed by atoms with E-state index in [0.717, 1.165) is 12.8 Å². The first-order valence-electron chi connectivity index (χ1n) is 10.4. The summed E-state index contributed by atoms with van der Waals surface area (Å²) < 4.78 is 28.9. The molecule has 0 aromatic heterocycles. The first kappa shape index (κ1) is 23.6. The van der Waals surface area contributed by atoms with Crippen LogP contribution in [0.3, 0.4) is 0 Å². The number of esters is 1. The molecule has 1 unspecified atom stereocenters. The highest BCUT2D eigenvalue weighted by Crippen LogP contribution is 2.32. The van der Waals surface area contributed by atoms with Crippen molar-refractivity contribution in [1.29, 1.82) is 0 Å². The fraction of sp³-hybridized carbons (Fsp3) is 0.571. The zero-order chi connectivity index (χ0) is 22.6. The van der Waals surface area contributed by atoms with Gasteiger partial charge in [-0.2, -0.15) is 0 Å². The molecule has 1 aliphatic heterocycles. The maximum absolute atomic E-state index is 12.8. The molecule has 1 N–H and O–H groups in total. The molecule has 31 heavy (non-hydrogen) atoms. The van der Waals surface area contributed by atoms with E-state index in [1.807, 2.05) is 13.8 Å². The topological polar surface area (TPSA) is 110 Å². The van der Waals surface area contributed by atoms with Crippen molar-refractivity contribution in [2.45, 2.75) is 56.1 Å². The molecule has 1 saturated heterocycles. The third-order valence-corrected chi connectivity index (χ3v) is 7.90. The molecule has 8 nitrogen and oxygen atoms in total. The first-order valence-corrected chi connectivity index (χ1v) is 13.2. The average molecular weight is 469 g/mol. The monoisotopic (exact) mass is 468 g/mol. The highest BCUT2D eigenvalue weighted by Gasteiger charge is 2.42. The van der Waals surface area contributed by atoms with E-state index >= 15 is 0 Å². The van der Waals surface area contributed by atoms with Crippen LogP contribution in [0, 0.1) is 0 Å². The van der Waals surface area contributed by atoms with Crippen LogP contribution in [-0.2, 0) is 24.2 Å². The van der Waals surface area contributed by atoms with Crippen molar-refractivity contribution in [2.75, 3.05) is 23.9 Å². The number of sulfone groups is 1. The molecule has 1 aromatic rings. The maximum Gasteiger partial charge on any atom is 0.339 e. The number of carbonyl (C=O) groups excluding carboxylic acids is 3. The van der Waals surface area contributed by atoms with Gasteiger partial charge in [0.05, 0.1) is 22.8 Å². The fourth-order valence-electron chi connectivity index (χ4n) is 3.60. The Bertz CT molecular complexity index is 943. The molecule has 1 atom stereocenters.